The van der Waals surface area contributed by atoms with Crippen LogP contribution in [0.3, 0.4) is 0 Å². The molecule has 0 bridgehead atoms. The first kappa shape index (κ1) is 14.0. The van der Waals surface area contributed by atoms with Crippen LogP contribution < -0.4 is 5.32 Å². The normalized spacial score (nSPS) is 31.7. The molecule has 3 unspecified atom stereocenters. The van der Waals surface area contributed by atoms with Gasteiger partial charge in [0.1, 0.15) is 0 Å². The van der Waals surface area contributed by atoms with E-state index in [1.54, 1.807) is 0 Å². The third-order valence-electron chi connectivity index (χ3n) is 4.55. The smallest absolute Gasteiger partial charge is 0.00180 e. The lowest BCUT2D eigenvalue weighted by Gasteiger charge is -2.41. The van der Waals surface area contributed by atoms with Crippen molar-refractivity contribution in [3.63, 3.8) is 0 Å². The van der Waals surface area contributed by atoms with Crippen molar-refractivity contribution in [2.75, 3.05) is 13.1 Å². The van der Waals surface area contributed by atoms with Gasteiger partial charge in [0, 0.05) is 0 Å². The van der Waals surface area contributed by atoms with E-state index < -0.39 is 0 Å². The van der Waals surface area contributed by atoms with Crippen molar-refractivity contribution in [3.8, 4) is 0 Å². The summed E-state index contributed by atoms with van der Waals surface area (Å²) in [6.07, 6.45) is 5.70. The largest absolute Gasteiger partial charge is 0.317 e. The number of hydrogen-bond acceptors (Lipinski definition) is 1. The summed E-state index contributed by atoms with van der Waals surface area (Å²) in [5, 5.41) is 3.54. The van der Waals surface area contributed by atoms with E-state index in [0.717, 1.165) is 24.3 Å². The summed E-state index contributed by atoms with van der Waals surface area (Å²) in [5.74, 6) is 2.83. The van der Waals surface area contributed by atoms with Gasteiger partial charge < -0.3 is 5.32 Å². The van der Waals surface area contributed by atoms with E-state index in [-0.39, 0.29) is 0 Å². The average molecular weight is 225 g/mol. The Morgan fingerprint density at radius 3 is 2.25 bits per heavy atom. The van der Waals surface area contributed by atoms with Crippen molar-refractivity contribution in [1.29, 1.82) is 0 Å². The molecule has 0 aromatic heterocycles. The second-order valence-electron chi connectivity index (χ2n) is 6.61. The van der Waals surface area contributed by atoms with Gasteiger partial charge in [0.25, 0.3) is 0 Å². The Hall–Kier alpha value is -0.0400. The highest BCUT2D eigenvalue weighted by Gasteiger charge is 2.34. The molecule has 3 atom stereocenters. The molecular formula is C15H31N. The quantitative estimate of drug-likeness (QED) is 0.760. The van der Waals surface area contributed by atoms with Crippen molar-refractivity contribution in [1.82, 2.24) is 5.32 Å². The monoisotopic (exact) mass is 225 g/mol. The lowest BCUT2D eigenvalue weighted by Crippen LogP contribution is -2.36. The molecule has 1 N–H and O–H groups in total. The summed E-state index contributed by atoms with van der Waals surface area (Å²) in [6, 6.07) is 0. The predicted molar refractivity (Wildman–Crippen MR) is 72.6 cm³/mol. The molecule has 0 radical (unpaired) electrons. The van der Waals surface area contributed by atoms with Crippen LogP contribution in [0.1, 0.15) is 60.3 Å². The average Bonchev–Trinajstić information content (AvgIpc) is 2.24. The van der Waals surface area contributed by atoms with Gasteiger partial charge in [-0.1, -0.05) is 41.0 Å². The molecule has 1 heteroatoms. The third kappa shape index (κ3) is 3.76. The molecule has 1 aliphatic carbocycles. The SMILES string of the molecule is CCNCC1CCC(C(C)(C)C)CC1CC. The Bertz CT molecular complexity index is 192. The third-order valence-corrected chi connectivity index (χ3v) is 4.55. The van der Waals surface area contributed by atoms with E-state index in [0.29, 0.717) is 5.41 Å². The van der Waals surface area contributed by atoms with E-state index in [2.05, 4.69) is 39.9 Å². The van der Waals surface area contributed by atoms with Crippen molar-refractivity contribution in [2.24, 2.45) is 23.2 Å². The second kappa shape index (κ2) is 6.05. The van der Waals surface area contributed by atoms with Crippen LogP contribution in [-0.2, 0) is 0 Å². The molecule has 1 rings (SSSR count). The van der Waals surface area contributed by atoms with E-state index in [4.69, 9.17) is 0 Å². The van der Waals surface area contributed by atoms with Gasteiger partial charge in [-0.15, -0.1) is 0 Å². The molecule has 0 aromatic carbocycles. The minimum absolute atomic E-state index is 0.510. The van der Waals surface area contributed by atoms with Crippen LogP contribution in [0.4, 0.5) is 0 Å². The maximum atomic E-state index is 3.54. The molecular weight excluding hydrogens is 194 g/mol. The molecule has 0 heterocycles. The zero-order valence-electron chi connectivity index (χ0n) is 12.0. The van der Waals surface area contributed by atoms with Gasteiger partial charge in [-0.3, -0.25) is 0 Å². The summed E-state index contributed by atoms with van der Waals surface area (Å²) >= 11 is 0. The van der Waals surface area contributed by atoms with Crippen LogP contribution in [0.25, 0.3) is 0 Å². The van der Waals surface area contributed by atoms with Crippen LogP contribution >= 0.6 is 0 Å². The molecule has 1 fully saturated rings. The summed E-state index contributed by atoms with van der Waals surface area (Å²) in [5.41, 5.74) is 0.510. The van der Waals surface area contributed by atoms with Crippen LogP contribution in [0.2, 0.25) is 0 Å². The van der Waals surface area contributed by atoms with Gasteiger partial charge in [0.15, 0.2) is 0 Å². The maximum absolute atomic E-state index is 3.54. The van der Waals surface area contributed by atoms with Crippen molar-refractivity contribution in [3.05, 3.63) is 0 Å². The molecule has 1 nitrogen and oxygen atoms in total. The second-order valence-corrected chi connectivity index (χ2v) is 6.61. The highest BCUT2D eigenvalue weighted by atomic mass is 14.8. The summed E-state index contributed by atoms with van der Waals surface area (Å²) in [6.45, 7) is 14.2. The van der Waals surface area contributed by atoms with E-state index >= 15 is 0 Å². The number of hydrogen-bond donors (Lipinski definition) is 1. The lowest BCUT2D eigenvalue weighted by atomic mass is 9.65. The summed E-state index contributed by atoms with van der Waals surface area (Å²) in [4.78, 5) is 0. The van der Waals surface area contributed by atoms with Crippen molar-refractivity contribution >= 4 is 0 Å². The Morgan fingerprint density at radius 1 is 1.06 bits per heavy atom. The van der Waals surface area contributed by atoms with E-state index in [1.165, 1.54) is 32.2 Å². The van der Waals surface area contributed by atoms with Gasteiger partial charge in [0.05, 0.1) is 0 Å². The number of nitrogens with one attached hydrogen (secondary N) is 1. The maximum Gasteiger partial charge on any atom is -0.00180 e. The predicted octanol–water partition coefficient (Wildman–Crippen LogP) is 4.08. The van der Waals surface area contributed by atoms with Gasteiger partial charge in [0.2, 0.25) is 0 Å². The van der Waals surface area contributed by atoms with Crippen LogP contribution in [0.15, 0.2) is 0 Å². The van der Waals surface area contributed by atoms with Crippen LogP contribution in [-0.4, -0.2) is 13.1 Å². The van der Waals surface area contributed by atoms with Crippen LogP contribution in [0.5, 0.6) is 0 Å². The van der Waals surface area contributed by atoms with E-state index in [9.17, 15) is 0 Å². The first-order valence-corrected chi connectivity index (χ1v) is 7.19. The van der Waals surface area contributed by atoms with Crippen LogP contribution in [0, 0.1) is 23.2 Å². The van der Waals surface area contributed by atoms with Gasteiger partial charge in [-0.25, -0.2) is 0 Å². The zero-order valence-corrected chi connectivity index (χ0v) is 12.0. The fourth-order valence-corrected chi connectivity index (χ4v) is 3.21. The molecule has 0 amide bonds. The lowest BCUT2D eigenvalue weighted by molar-refractivity contribution is 0.0953. The Morgan fingerprint density at radius 2 is 1.75 bits per heavy atom. The van der Waals surface area contributed by atoms with Gasteiger partial charge in [-0.05, 0) is 55.5 Å². The Balaban J connectivity index is 2.50. The van der Waals surface area contributed by atoms with Crippen molar-refractivity contribution < 1.29 is 0 Å². The van der Waals surface area contributed by atoms with E-state index in [1.807, 2.05) is 0 Å². The molecule has 0 aromatic rings. The molecule has 0 spiro atoms. The summed E-state index contributed by atoms with van der Waals surface area (Å²) in [7, 11) is 0. The van der Waals surface area contributed by atoms with Gasteiger partial charge in [-0.2, -0.15) is 0 Å². The molecule has 16 heavy (non-hydrogen) atoms. The standard InChI is InChI=1S/C15H31N/c1-6-12-10-14(15(3,4)5)9-8-13(12)11-16-7-2/h12-14,16H,6-11H2,1-5H3. The molecule has 1 aliphatic rings. The summed E-state index contributed by atoms with van der Waals surface area (Å²) < 4.78 is 0. The van der Waals surface area contributed by atoms with Crippen molar-refractivity contribution in [2.45, 2.75) is 60.3 Å². The first-order valence-electron chi connectivity index (χ1n) is 7.19. The Kier molecular flexibility index (Phi) is 5.30. The molecule has 1 saturated carbocycles. The topological polar surface area (TPSA) is 12.0 Å². The Labute approximate surface area is 102 Å². The highest BCUT2D eigenvalue weighted by molar-refractivity contribution is 4.85. The minimum atomic E-state index is 0.510. The highest BCUT2D eigenvalue weighted by Crippen LogP contribution is 2.43. The fourth-order valence-electron chi connectivity index (χ4n) is 3.21. The minimum Gasteiger partial charge on any atom is -0.317 e. The molecule has 0 aliphatic heterocycles. The zero-order chi connectivity index (χ0) is 12.2. The fraction of sp³-hybridized carbons (Fsp3) is 1.00. The molecule has 96 valence electrons. The van der Waals surface area contributed by atoms with Gasteiger partial charge >= 0.3 is 0 Å². The molecule has 0 saturated heterocycles. The first-order chi connectivity index (χ1) is 7.49. The number of rotatable bonds is 4.